The normalized spacial score (nSPS) is 17.7. The number of nitrogens with zero attached hydrogens (tertiary/aromatic N) is 2. The van der Waals surface area contributed by atoms with Crippen molar-refractivity contribution < 1.29 is 22.4 Å². The lowest BCUT2D eigenvalue weighted by atomic mass is 10.2. The van der Waals surface area contributed by atoms with Crippen molar-refractivity contribution in [3.8, 4) is 0 Å². The average Bonchev–Trinajstić information content (AvgIpc) is 3.05. The average molecular weight is 279 g/mol. The van der Waals surface area contributed by atoms with Gasteiger partial charge in [0.1, 0.15) is 6.10 Å². The highest BCUT2D eigenvalue weighted by Crippen LogP contribution is 2.42. The Labute approximate surface area is 108 Å². The molecule has 108 valence electrons. The molecule has 1 aromatic heterocycles. The summed E-state index contributed by atoms with van der Waals surface area (Å²) >= 11 is 0. The van der Waals surface area contributed by atoms with E-state index in [1.54, 1.807) is 0 Å². The Morgan fingerprint density at radius 3 is 2.79 bits per heavy atom. The third kappa shape index (κ3) is 4.46. The lowest BCUT2D eigenvalue weighted by Gasteiger charge is -2.11. The van der Waals surface area contributed by atoms with Gasteiger partial charge in [0.15, 0.2) is 0 Å². The summed E-state index contributed by atoms with van der Waals surface area (Å²) < 4.78 is 46.3. The van der Waals surface area contributed by atoms with Crippen LogP contribution in [0.1, 0.15) is 37.6 Å². The Hall–Kier alpha value is -1.15. The van der Waals surface area contributed by atoms with Crippen LogP contribution in [-0.4, -0.2) is 29.5 Å². The highest BCUT2D eigenvalue weighted by molar-refractivity contribution is 4.98. The molecule has 1 unspecified atom stereocenters. The van der Waals surface area contributed by atoms with Gasteiger partial charge in [0.2, 0.25) is 11.7 Å². The molecule has 1 aromatic rings. The number of ether oxygens (including phenoxy) is 1. The van der Waals surface area contributed by atoms with Gasteiger partial charge in [0, 0.05) is 6.61 Å². The van der Waals surface area contributed by atoms with E-state index in [1.807, 2.05) is 6.92 Å². The molecule has 2 rings (SSSR count). The van der Waals surface area contributed by atoms with Crippen LogP contribution in [0.4, 0.5) is 13.2 Å². The van der Waals surface area contributed by atoms with E-state index in [9.17, 15) is 13.2 Å². The molecular formula is C11H16F3N3O2. The van der Waals surface area contributed by atoms with Gasteiger partial charge >= 0.3 is 6.18 Å². The largest absolute Gasteiger partial charge is 0.401 e. The van der Waals surface area contributed by atoms with E-state index in [0.717, 1.165) is 12.8 Å². The molecule has 1 fully saturated rings. The van der Waals surface area contributed by atoms with Crippen LogP contribution in [0.2, 0.25) is 0 Å². The Morgan fingerprint density at radius 2 is 2.21 bits per heavy atom. The Morgan fingerprint density at radius 1 is 1.47 bits per heavy atom. The SMILES string of the molecule is CCOC(c1noc(CNCC(F)(F)F)n1)C1CC1. The quantitative estimate of drug-likeness (QED) is 0.829. The van der Waals surface area contributed by atoms with Gasteiger partial charge in [0.25, 0.3) is 0 Å². The van der Waals surface area contributed by atoms with Crippen LogP contribution in [0.15, 0.2) is 4.52 Å². The fraction of sp³-hybridized carbons (Fsp3) is 0.818. The minimum absolute atomic E-state index is 0.101. The molecule has 0 spiro atoms. The van der Waals surface area contributed by atoms with Gasteiger partial charge in [-0.25, -0.2) is 0 Å². The molecular weight excluding hydrogens is 263 g/mol. The minimum atomic E-state index is -4.25. The predicted octanol–water partition coefficient (Wildman–Crippen LogP) is 2.21. The molecule has 0 saturated heterocycles. The van der Waals surface area contributed by atoms with Crippen LogP contribution < -0.4 is 5.32 Å². The lowest BCUT2D eigenvalue weighted by molar-refractivity contribution is -0.125. The second-order valence-electron chi connectivity index (χ2n) is 4.48. The van der Waals surface area contributed by atoms with Crippen LogP contribution in [0, 0.1) is 5.92 Å². The fourth-order valence-corrected chi connectivity index (χ4v) is 1.77. The lowest BCUT2D eigenvalue weighted by Crippen LogP contribution is -2.28. The van der Waals surface area contributed by atoms with E-state index in [0.29, 0.717) is 18.3 Å². The Balaban J connectivity index is 1.87. The molecule has 1 aliphatic rings. The Kier molecular flexibility index (Phi) is 4.41. The summed E-state index contributed by atoms with van der Waals surface area (Å²) in [5, 5.41) is 5.99. The fourth-order valence-electron chi connectivity index (χ4n) is 1.77. The maximum Gasteiger partial charge on any atom is 0.401 e. The van der Waals surface area contributed by atoms with E-state index >= 15 is 0 Å². The summed E-state index contributed by atoms with van der Waals surface area (Å²) in [6.07, 6.45) is -2.34. The van der Waals surface area contributed by atoms with Gasteiger partial charge in [-0.15, -0.1) is 0 Å². The molecule has 1 atom stereocenters. The molecule has 8 heteroatoms. The first-order valence-electron chi connectivity index (χ1n) is 6.21. The first kappa shape index (κ1) is 14.3. The van der Waals surface area contributed by atoms with Crippen LogP contribution in [0.3, 0.4) is 0 Å². The summed E-state index contributed by atoms with van der Waals surface area (Å²) in [4.78, 5) is 4.08. The van der Waals surface area contributed by atoms with E-state index in [2.05, 4.69) is 15.5 Å². The van der Waals surface area contributed by atoms with Crippen molar-refractivity contribution in [2.45, 2.75) is 38.6 Å². The highest BCUT2D eigenvalue weighted by Gasteiger charge is 2.36. The van der Waals surface area contributed by atoms with E-state index < -0.39 is 12.7 Å². The zero-order chi connectivity index (χ0) is 13.9. The van der Waals surface area contributed by atoms with Crippen molar-refractivity contribution in [1.29, 1.82) is 0 Å². The van der Waals surface area contributed by atoms with Crippen LogP contribution >= 0.6 is 0 Å². The standard InChI is InChI=1S/C11H16F3N3O2/c1-2-18-9(7-3-4-7)10-16-8(19-17-10)5-15-6-11(12,13)14/h7,9,15H,2-6H2,1H3. The van der Waals surface area contributed by atoms with Gasteiger partial charge in [-0.05, 0) is 25.7 Å². The maximum absolute atomic E-state index is 12.0. The van der Waals surface area contributed by atoms with Crippen LogP contribution in [0.25, 0.3) is 0 Å². The van der Waals surface area contributed by atoms with Crippen molar-refractivity contribution in [2.24, 2.45) is 5.92 Å². The molecule has 19 heavy (non-hydrogen) atoms. The summed E-state index contributed by atoms with van der Waals surface area (Å²) in [5.74, 6) is 0.964. The number of alkyl halides is 3. The molecule has 0 aliphatic heterocycles. The monoisotopic (exact) mass is 279 g/mol. The molecule has 0 bridgehead atoms. The summed E-state index contributed by atoms with van der Waals surface area (Å²) in [6.45, 7) is 1.23. The van der Waals surface area contributed by atoms with Gasteiger partial charge < -0.3 is 14.6 Å². The first-order chi connectivity index (χ1) is 8.99. The zero-order valence-corrected chi connectivity index (χ0v) is 10.5. The molecule has 1 saturated carbocycles. The molecule has 0 amide bonds. The smallest absolute Gasteiger partial charge is 0.370 e. The van der Waals surface area contributed by atoms with Crippen molar-refractivity contribution in [2.75, 3.05) is 13.2 Å². The van der Waals surface area contributed by atoms with Crippen molar-refractivity contribution in [3.05, 3.63) is 11.7 Å². The molecule has 1 N–H and O–H groups in total. The zero-order valence-electron chi connectivity index (χ0n) is 10.5. The summed E-state index contributed by atoms with van der Waals surface area (Å²) in [6, 6.07) is 0. The molecule has 0 aromatic carbocycles. The van der Waals surface area contributed by atoms with E-state index in [-0.39, 0.29) is 18.5 Å². The third-order valence-electron chi connectivity index (χ3n) is 2.74. The van der Waals surface area contributed by atoms with Crippen LogP contribution in [-0.2, 0) is 11.3 Å². The van der Waals surface area contributed by atoms with Crippen LogP contribution in [0.5, 0.6) is 0 Å². The number of nitrogens with one attached hydrogen (secondary N) is 1. The van der Waals surface area contributed by atoms with E-state index in [1.165, 1.54) is 0 Å². The molecule has 1 heterocycles. The topological polar surface area (TPSA) is 60.2 Å². The van der Waals surface area contributed by atoms with Crippen molar-refractivity contribution in [1.82, 2.24) is 15.5 Å². The second-order valence-corrected chi connectivity index (χ2v) is 4.48. The van der Waals surface area contributed by atoms with Gasteiger partial charge in [-0.3, -0.25) is 0 Å². The maximum atomic E-state index is 12.0. The number of hydrogen-bond acceptors (Lipinski definition) is 5. The first-order valence-corrected chi connectivity index (χ1v) is 6.21. The molecule has 1 aliphatic carbocycles. The minimum Gasteiger partial charge on any atom is -0.370 e. The van der Waals surface area contributed by atoms with Gasteiger partial charge in [0.05, 0.1) is 13.1 Å². The Bertz CT molecular complexity index is 404. The number of halogens is 3. The third-order valence-corrected chi connectivity index (χ3v) is 2.74. The molecule has 0 radical (unpaired) electrons. The van der Waals surface area contributed by atoms with E-state index in [4.69, 9.17) is 9.26 Å². The molecule has 5 nitrogen and oxygen atoms in total. The number of rotatable bonds is 7. The van der Waals surface area contributed by atoms with Gasteiger partial charge in [-0.2, -0.15) is 18.2 Å². The van der Waals surface area contributed by atoms with Gasteiger partial charge in [-0.1, -0.05) is 5.16 Å². The van der Waals surface area contributed by atoms with Crippen molar-refractivity contribution in [3.63, 3.8) is 0 Å². The number of aromatic nitrogens is 2. The summed E-state index contributed by atoms with van der Waals surface area (Å²) in [5.41, 5.74) is 0. The predicted molar refractivity (Wildman–Crippen MR) is 59.2 cm³/mol. The highest BCUT2D eigenvalue weighted by atomic mass is 19.4. The second kappa shape index (κ2) is 5.87. The number of hydrogen-bond donors (Lipinski definition) is 1. The van der Waals surface area contributed by atoms with Crippen molar-refractivity contribution >= 4 is 0 Å². The summed E-state index contributed by atoms with van der Waals surface area (Å²) in [7, 11) is 0.